The number of amides is 1. The lowest BCUT2D eigenvalue weighted by atomic mass is 10.1. The molecular formula is C31H34F3NO7. The average molecular weight is 590 g/mol. The van der Waals surface area contributed by atoms with Crippen LogP contribution >= 0.6 is 0 Å². The van der Waals surface area contributed by atoms with Crippen LogP contribution in [0.1, 0.15) is 30.0 Å². The first-order valence-electron chi connectivity index (χ1n) is 13.5. The zero-order valence-corrected chi connectivity index (χ0v) is 23.2. The highest BCUT2D eigenvalue weighted by Gasteiger charge is 2.30. The number of hydrogen-bond donors (Lipinski definition) is 1. The first kappa shape index (κ1) is 32.4. The zero-order chi connectivity index (χ0) is 30.4. The Morgan fingerprint density at radius 3 is 2.14 bits per heavy atom. The number of aliphatic carboxylic acids is 1. The number of carboxylic acids is 1. The highest BCUT2D eigenvalue weighted by Crippen LogP contribution is 2.30. The summed E-state index contributed by atoms with van der Waals surface area (Å²) in [5.74, 6) is -0.531. The molecule has 8 nitrogen and oxygen atoms in total. The maximum absolute atomic E-state index is 12.9. The van der Waals surface area contributed by atoms with Crippen molar-refractivity contribution in [2.24, 2.45) is 0 Å². The largest absolute Gasteiger partial charge is 0.492 e. The maximum atomic E-state index is 12.9. The Bertz CT molecular complexity index is 1240. The van der Waals surface area contributed by atoms with Crippen molar-refractivity contribution in [3.05, 3.63) is 95.6 Å². The summed E-state index contributed by atoms with van der Waals surface area (Å²) in [7, 11) is 0. The maximum Gasteiger partial charge on any atom is 0.416 e. The number of hydrogen-bond acceptors (Lipinski definition) is 6. The Kier molecular flexibility index (Phi) is 12.6. The van der Waals surface area contributed by atoms with Gasteiger partial charge in [-0.2, -0.15) is 13.2 Å². The van der Waals surface area contributed by atoms with Crippen molar-refractivity contribution in [2.75, 3.05) is 32.9 Å². The van der Waals surface area contributed by atoms with E-state index in [-0.39, 0.29) is 38.5 Å². The molecule has 3 aromatic rings. The van der Waals surface area contributed by atoms with Crippen LogP contribution in [0.5, 0.6) is 11.5 Å². The topological polar surface area (TPSA) is 94.5 Å². The highest BCUT2D eigenvalue weighted by molar-refractivity contribution is 5.72. The number of carbonyl (C=O) groups is 2. The van der Waals surface area contributed by atoms with Gasteiger partial charge in [0, 0.05) is 26.2 Å². The van der Waals surface area contributed by atoms with Crippen LogP contribution in [0.25, 0.3) is 0 Å². The van der Waals surface area contributed by atoms with Gasteiger partial charge in [0.05, 0.1) is 18.7 Å². The number of alkyl halides is 3. The number of carboxylic acid groups (broad SMARTS) is 1. The second-order valence-electron chi connectivity index (χ2n) is 9.25. The Balaban J connectivity index is 1.55. The molecule has 0 spiro atoms. The van der Waals surface area contributed by atoms with Gasteiger partial charge in [-0.1, -0.05) is 42.5 Å². The number of nitrogens with zero attached hydrogens (tertiary/aromatic N) is 1. The van der Waals surface area contributed by atoms with Crippen molar-refractivity contribution >= 4 is 12.1 Å². The van der Waals surface area contributed by atoms with E-state index in [1.807, 2.05) is 30.3 Å². The Hall–Kier alpha value is -4.09. The SMILES string of the molecule is CCOC(Cc1ccc(OCCN(CCCOCc2ccccc2)C(=O)Oc2ccc(C(F)(F)F)cc2)cc1)C(=O)O. The molecule has 0 aromatic heterocycles. The van der Waals surface area contributed by atoms with Crippen molar-refractivity contribution in [3.63, 3.8) is 0 Å². The average Bonchev–Trinajstić information content (AvgIpc) is 2.97. The minimum absolute atomic E-state index is 0.0125. The molecule has 1 unspecified atom stereocenters. The van der Waals surface area contributed by atoms with Crippen LogP contribution in [0.4, 0.5) is 18.0 Å². The quantitative estimate of drug-likeness (QED) is 0.198. The van der Waals surface area contributed by atoms with E-state index in [0.717, 1.165) is 35.4 Å². The monoisotopic (exact) mass is 589 g/mol. The highest BCUT2D eigenvalue weighted by atomic mass is 19.4. The number of rotatable bonds is 16. The van der Waals surface area contributed by atoms with Gasteiger partial charge in [0.1, 0.15) is 18.1 Å². The predicted octanol–water partition coefficient (Wildman–Crippen LogP) is 6.22. The van der Waals surface area contributed by atoms with E-state index in [1.165, 1.54) is 4.90 Å². The summed E-state index contributed by atoms with van der Waals surface area (Å²) in [6.45, 7) is 3.34. The van der Waals surface area contributed by atoms with Crippen molar-refractivity contribution < 1.29 is 46.8 Å². The fourth-order valence-corrected chi connectivity index (χ4v) is 3.92. The van der Waals surface area contributed by atoms with Crippen LogP contribution in [0, 0.1) is 0 Å². The number of carbonyl (C=O) groups excluding carboxylic acids is 1. The lowest BCUT2D eigenvalue weighted by molar-refractivity contribution is -0.150. The molecule has 226 valence electrons. The molecule has 0 saturated heterocycles. The third-order valence-electron chi connectivity index (χ3n) is 6.09. The molecule has 1 N–H and O–H groups in total. The van der Waals surface area contributed by atoms with Crippen LogP contribution in [0.3, 0.4) is 0 Å². The summed E-state index contributed by atoms with van der Waals surface area (Å²) < 4.78 is 60.7. The summed E-state index contributed by atoms with van der Waals surface area (Å²) in [6, 6.07) is 20.4. The minimum atomic E-state index is -4.49. The van der Waals surface area contributed by atoms with E-state index in [0.29, 0.717) is 25.4 Å². The molecule has 3 rings (SSSR count). The molecule has 1 atom stereocenters. The minimum Gasteiger partial charge on any atom is -0.492 e. The smallest absolute Gasteiger partial charge is 0.416 e. The molecule has 0 saturated carbocycles. The number of ether oxygens (including phenoxy) is 4. The second-order valence-corrected chi connectivity index (χ2v) is 9.25. The van der Waals surface area contributed by atoms with Gasteiger partial charge in [-0.15, -0.1) is 0 Å². The first-order valence-corrected chi connectivity index (χ1v) is 13.5. The van der Waals surface area contributed by atoms with E-state index in [4.69, 9.17) is 18.9 Å². The van der Waals surface area contributed by atoms with Crippen LogP contribution in [-0.2, 0) is 33.5 Å². The standard InChI is InChI=1S/C31H34F3NO7/c1-2-40-28(29(36)37)21-23-9-13-26(14-10-23)41-20-18-35(17-6-19-39-22-24-7-4-3-5-8-24)30(38)42-27-15-11-25(12-16-27)31(32,33)34/h3-5,7-16,28H,2,6,17-22H2,1H3,(H,36,37). The molecular weight excluding hydrogens is 555 g/mol. The van der Waals surface area contributed by atoms with Crippen molar-refractivity contribution in [1.82, 2.24) is 4.90 Å². The second kappa shape index (κ2) is 16.4. The van der Waals surface area contributed by atoms with Crippen LogP contribution in [0.2, 0.25) is 0 Å². The molecule has 3 aromatic carbocycles. The molecule has 0 aliphatic carbocycles. The Morgan fingerprint density at radius 1 is 0.857 bits per heavy atom. The molecule has 11 heteroatoms. The van der Waals surface area contributed by atoms with Crippen molar-refractivity contribution in [3.8, 4) is 11.5 Å². The molecule has 1 amide bonds. The van der Waals surface area contributed by atoms with Crippen LogP contribution in [-0.4, -0.2) is 61.1 Å². The third kappa shape index (κ3) is 11.1. The van der Waals surface area contributed by atoms with Gasteiger partial charge in [0.2, 0.25) is 0 Å². The van der Waals surface area contributed by atoms with Gasteiger partial charge in [-0.05, 0) is 60.9 Å². The van der Waals surface area contributed by atoms with E-state index in [1.54, 1.807) is 31.2 Å². The van der Waals surface area contributed by atoms with E-state index in [9.17, 15) is 27.9 Å². The number of benzene rings is 3. The predicted molar refractivity (Wildman–Crippen MR) is 148 cm³/mol. The molecule has 0 heterocycles. The van der Waals surface area contributed by atoms with Gasteiger partial charge in [0.25, 0.3) is 0 Å². The molecule has 42 heavy (non-hydrogen) atoms. The fraction of sp³-hybridized carbons (Fsp3) is 0.355. The molecule has 0 aliphatic heterocycles. The lowest BCUT2D eigenvalue weighted by Crippen LogP contribution is -2.38. The van der Waals surface area contributed by atoms with Crippen molar-refractivity contribution in [1.29, 1.82) is 0 Å². The summed E-state index contributed by atoms with van der Waals surface area (Å²) in [4.78, 5) is 25.6. The summed E-state index contributed by atoms with van der Waals surface area (Å²) in [5, 5.41) is 9.27. The number of halogens is 3. The molecule has 0 radical (unpaired) electrons. The van der Waals surface area contributed by atoms with E-state index < -0.39 is 29.9 Å². The Labute approximate surface area is 242 Å². The van der Waals surface area contributed by atoms with E-state index >= 15 is 0 Å². The van der Waals surface area contributed by atoms with Crippen molar-refractivity contribution in [2.45, 2.75) is 38.7 Å². The van der Waals surface area contributed by atoms with E-state index in [2.05, 4.69) is 0 Å². The van der Waals surface area contributed by atoms with Gasteiger partial charge < -0.3 is 29.0 Å². The molecule has 0 bridgehead atoms. The Morgan fingerprint density at radius 2 is 1.52 bits per heavy atom. The summed E-state index contributed by atoms with van der Waals surface area (Å²) in [5.41, 5.74) is 0.942. The third-order valence-corrected chi connectivity index (χ3v) is 6.09. The normalized spacial score (nSPS) is 12.0. The van der Waals surface area contributed by atoms with Gasteiger partial charge >= 0.3 is 18.2 Å². The van der Waals surface area contributed by atoms with Crippen LogP contribution in [0.15, 0.2) is 78.9 Å². The summed E-state index contributed by atoms with van der Waals surface area (Å²) >= 11 is 0. The molecule has 0 aliphatic rings. The zero-order valence-electron chi connectivity index (χ0n) is 23.2. The van der Waals surface area contributed by atoms with Gasteiger partial charge in [-0.3, -0.25) is 0 Å². The summed E-state index contributed by atoms with van der Waals surface area (Å²) in [6.07, 6.45) is -5.46. The van der Waals surface area contributed by atoms with Gasteiger partial charge in [0.15, 0.2) is 6.10 Å². The van der Waals surface area contributed by atoms with Gasteiger partial charge in [-0.25, -0.2) is 9.59 Å². The first-order chi connectivity index (χ1) is 20.2. The lowest BCUT2D eigenvalue weighted by Gasteiger charge is -2.22. The molecule has 0 fully saturated rings. The van der Waals surface area contributed by atoms with Crippen LogP contribution < -0.4 is 9.47 Å². The fourth-order valence-electron chi connectivity index (χ4n) is 3.92.